The fourth-order valence-electron chi connectivity index (χ4n) is 3.20. The van der Waals surface area contributed by atoms with Gasteiger partial charge in [0.1, 0.15) is 18.1 Å². The maximum atomic E-state index is 13.3. The van der Waals surface area contributed by atoms with Crippen molar-refractivity contribution in [3.8, 4) is 5.75 Å². The molecule has 0 unspecified atom stereocenters. The van der Waals surface area contributed by atoms with Crippen LogP contribution in [-0.2, 0) is 20.6 Å². The van der Waals surface area contributed by atoms with Crippen molar-refractivity contribution >= 4 is 33.4 Å². The number of nitrogens with zero attached hydrogens (tertiary/aromatic N) is 1. The van der Waals surface area contributed by atoms with E-state index in [1.807, 2.05) is 12.1 Å². The van der Waals surface area contributed by atoms with E-state index in [0.29, 0.717) is 23.7 Å². The summed E-state index contributed by atoms with van der Waals surface area (Å²) < 4.78 is 46.1. The molecule has 0 spiro atoms. The van der Waals surface area contributed by atoms with Crippen LogP contribution in [0.25, 0.3) is 0 Å². The number of thioether (sulfide) groups is 1. The molecule has 0 fully saturated rings. The number of ether oxygens (including phenoxy) is 1. The van der Waals surface area contributed by atoms with Crippen LogP contribution in [0.15, 0.2) is 77.7 Å². The smallest absolute Gasteiger partial charge is 0.264 e. The molecule has 1 amide bonds. The van der Waals surface area contributed by atoms with Crippen LogP contribution in [0.1, 0.15) is 11.1 Å². The van der Waals surface area contributed by atoms with Crippen molar-refractivity contribution in [2.24, 2.45) is 0 Å². The molecular formula is C25H27FN2O4S2. The van der Waals surface area contributed by atoms with E-state index in [1.165, 1.54) is 30.4 Å². The molecule has 0 aliphatic heterocycles. The molecule has 0 radical (unpaired) electrons. The molecule has 1 N–H and O–H groups in total. The number of carbonyl (C=O) groups excluding carboxylic acids is 1. The SMILES string of the molecule is COc1ccc(N(CC(=O)NCCSCc2ccccc2C)S(=O)(=O)c2ccc(F)cc2)cc1. The van der Waals surface area contributed by atoms with Gasteiger partial charge in [-0.2, -0.15) is 11.8 Å². The molecule has 0 heterocycles. The summed E-state index contributed by atoms with van der Waals surface area (Å²) in [6, 6.07) is 19.0. The number of methoxy groups -OCH3 is 1. The number of sulfonamides is 1. The molecule has 0 bridgehead atoms. The Morgan fingerprint density at radius 2 is 1.71 bits per heavy atom. The fraction of sp³-hybridized carbons (Fsp3) is 0.240. The van der Waals surface area contributed by atoms with Crippen LogP contribution < -0.4 is 14.4 Å². The second-order valence-electron chi connectivity index (χ2n) is 7.49. The fourth-order valence-corrected chi connectivity index (χ4v) is 5.56. The third-order valence-corrected chi connectivity index (χ3v) is 7.93. The standard InChI is InChI=1S/C25H27FN2O4S2/c1-19-5-3-4-6-20(19)18-33-16-15-27-25(29)17-28(22-9-11-23(32-2)12-10-22)34(30,31)24-13-7-21(26)8-14-24/h3-14H,15-18H2,1-2H3,(H,27,29). The number of anilines is 1. The highest BCUT2D eigenvalue weighted by molar-refractivity contribution is 7.98. The zero-order chi connectivity index (χ0) is 24.6. The van der Waals surface area contributed by atoms with Gasteiger partial charge in [0.25, 0.3) is 10.0 Å². The van der Waals surface area contributed by atoms with Gasteiger partial charge in [0.15, 0.2) is 0 Å². The van der Waals surface area contributed by atoms with Gasteiger partial charge in [-0.25, -0.2) is 12.8 Å². The molecule has 6 nitrogen and oxygen atoms in total. The van der Waals surface area contributed by atoms with Crippen LogP contribution in [0.2, 0.25) is 0 Å². The van der Waals surface area contributed by atoms with Crippen LogP contribution >= 0.6 is 11.8 Å². The van der Waals surface area contributed by atoms with E-state index in [1.54, 1.807) is 36.0 Å². The van der Waals surface area contributed by atoms with Crippen molar-refractivity contribution in [2.75, 3.05) is 30.3 Å². The number of halogens is 1. The van der Waals surface area contributed by atoms with Gasteiger partial charge in [-0.15, -0.1) is 0 Å². The van der Waals surface area contributed by atoms with Crippen LogP contribution in [0, 0.1) is 12.7 Å². The predicted molar refractivity (Wildman–Crippen MR) is 134 cm³/mol. The highest BCUT2D eigenvalue weighted by Crippen LogP contribution is 2.26. The largest absolute Gasteiger partial charge is 0.497 e. The zero-order valence-corrected chi connectivity index (χ0v) is 20.7. The Morgan fingerprint density at radius 1 is 1.03 bits per heavy atom. The predicted octanol–water partition coefficient (Wildman–Crippen LogP) is 4.39. The molecular weight excluding hydrogens is 475 g/mol. The lowest BCUT2D eigenvalue weighted by atomic mass is 10.1. The number of amides is 1. The molecule has 0 aromatic heterocycles. The third-order valence-electron chi connectivity index (χ3n) is 5.14. The second kappa shape index (κ2) is 11.9. The van der Waals surface area contributed by atoms with Crippen LogP contribution in [0.3, 0.4) is 0 Å². The highest BCUT2D eigenvalue weighted by atomic mass is 32.2. The Hall–Kier alpha value is -3.04. The van der Waals surface area contributed by atoms with Gasteiger partial charge >= 0.3 is 0 Å². The van der Waals surface area contributed by atoms with Gasteiger partial charge in [-0.05, 0) is 66.6 Å². The van der Waals surface area contributed by atoms with E-state index in [9.17, 15) is 17.6 Å². The topological polar surface area (TPSA) is 75.7 Å². The van der Waals surface area contributed by atoms with E-state index in [-0.39, 0.29) is 4.90 Å². The molecule has 3 aromatic carbocycles. The lowest BCUT2D eigenvalue weighted by Gasteiger charge is -2.24. The van der Waals surface area contributed by atoms with Gasteiger partial charge in [0, 0.05) is 18.1 Å². The second-order valence-corrected chi connectivity index (χ2v) is 10.5. The lowest BCUT2D eigenvalue weighted by Crippen LogP contribution is -2.41. The summed E-state index contributed by atoms with van der Waals surface area (Å²) in [5.74, 6) is 1.10. The van der Waals surface area contributed by atoms with E-state index < -0.39 is 28.3 Å². The summed E-state index contributed by atoms with van der Waals surface area (Å²) in [6.45, 7) is 2.06. The highest BCUT2D eigenvalue weighted by Gasteiger charge is 2.27. The summed E-state index contributed by atoms with van der Waals surface area (Å²) in [7, 11) is -2.60. The van der Waals surface area contributed by atoms with E-state index in [0.717, 1.165) is 22.2 Å². The minimum absolute atomic E-state index is 0.105. The summed E-state index contributed by atoms with van der Waals surface area (Å²) >= 11 is 1.69. The minimum atomic E-state index is -4.10. The van der Waals surface area contributed by atoms with Crippen molar-refractivity contribution in [1.82, 2.24) is 5.32 Å². The molecule has 0 saturated carbocycles. The van der Waals surface area contributed by atoms with Crippen molar-refractivity contribution in [1.29, 1.82) is 0 Å². The van der Waals surface area contributed by atoms with Crippen molar-refractivity contribution in [2.45, 2.75) is 17.6 Å². The molecule has 9 heteroatoms. The van der Waals surface area contributed by atoms with Gasteiger partial charge in [-0.1, -0.05) is 24.3 Å². The molecule has 0 saturated heterocycles. The van der Waals surface area contributed by atoms with Crippen LogP contribution in [0.4, 0.5) is 10.1 Å². The summed E-state index contributed by atoms with van der Waals surface area (Å²) in [6.07, 6.45) is 0. The van der Waals surface area contributed by atoms with Gasteiger partial charge in [0.05, 0.1) is 17.7 Å². The molecule has 0 aliphatic carbocycles. The number of rotatable bonds is 11. The van der Waals surface area contributed by atoms with Crippen LogP contribution in [0.5, 0.6) is 5.75 Å². The zero-order valence-electron chi connectivity index (χ0n) is 19.0. The maximum absolute atomic E-state index is 13.3. The Bertz CT molecular complexity index is 1200. The molecule has 0 atom stereocenters. The minimum Gasteiger partial charge on any atom is -0.497 e. The molecule has 0 aliphatic rings. The average Bonchev–Trinajstić information content (AvgIpc) is 2.83. The van der Waals surface area contributed by atoms with Crippen molar-refractivity contribution in [3.63, 3.8) is 0 Å². The number of carbonyl (C=O) groups is 1. The average molecular weight is 503 g/mol. The summed E-state index contributed by atoms with van der Waals surface area (Å²) in [5, 5.41) is 2.79. The van der Waals surface area contributed by atoms with E-state index in [4.69, 9.17) is 4.74 Å². The molecule has 3 aromatic rings. The first-order valence-electron chi connectivity index (χ1n) is 10.6. The first-order chi connectivity index (χ1) is 16.3. The van der Waals surface area contributed by atoms with Crippen molar-refractivity contribution < 1.29 is 22.3 Å². The Labute approximate surface area is 204 Å². The number of benzene rings is 3. The number of nitrogens with one attached hydrogen (secondary N) is 1. The number of hydrogen-bond donors (Lipinski definition) is 1. The number of hydrogen-bond acceptors (Lipinski definition) is 5. The van der Waals surface area contributed by atoms with Gasteiger partial charge in [0.2, 0.25) is 5.91 Å². The first-order valence-corrected chi connectivity index (χ1v) is 13.2. The monoisotopic (exact) mass is 502 g/mol. The van der Waals surface area contributed by atoms with Crippen LogP contribution in [-0.4, -0.2) is 40.3 Å². The Morgan fingerprint density at radius 3 is 2.35 bits per heavy atom. The molecule has 34 heavy (non-hydrogen) atoms. The van der Waals surface area contributed by atoms with Gasteiger partial charge in [-0.3, -0.25) is 9.10 Å². The Kier molecular flexibility index (Phi) is 8.95. The summed E-state index contributed by atoms with van der Waals surface area (Å²) in [4.78, 5) is 12.6. The summed E-state index contributed by atoms with van der Waals surface area (Å²) in [5.41, 5.74) is 2.77. The third kappa shape index (κ3) is 6.74. The molecule has 3 rings (SSSR count). The normalized spacial score (nSPS) is 11.1. The van der Waals surface area contributed by atoms with Crippen molar-refractivity contribution in [3.05, 3.63) is 89.7 Å². The Balaban J connectivity index is 1.66. The number of aryl methyl sites for hydroxylation is 1. The van der Waals surface area contributed by atoms with E-state index in [2.05, 4.69) is 24.4 Å². The lowest BCUT2D eigenvalue weighted by molar-refractivity contribution is -0.119. The quantitative estimate of drug-likeness (QED) is 0.394. The maximum Gasteiger partial charge on any atom is 0.264 e. The van der Waals surface area contributed by atoms with E-state index >= 15 is 0 Å². The molecule has 180 valence electrons. The van der Waals surface area contributed by atoms with Gasteiger partial charge < -0.3 is 10.1 Å². The first kappa shape index (κ1) is 25.6.